The summed E-state index contributed by atoms with van der Waals surface area (Å²) in [5.41, 5.74) is 5.66. The third kappa shape index (κ3) is 2.42. The van der Waals surface area contributed by atoms with Crippen LogP contribution in [0.5, 0.6) is 0 Å². The summed E-state index contributed by atoms with van der Waals surface area (Å²) in [5, 5.41) is 0. The van der Waals surface area contributed by atoms with E-state index < -0.39 is 0 Å². The predicted octanol–water partition coefficient (Wildman–Crippen LogP) is 0.534. The number of nitrogens with zero attached hydrogens (tertiary/aromatic N) is 1. The van der Waals surface area contributed by atoms with Crippen LogP contribution in [-0.4, -0.2) is 30.4 Å². The number of amides is 1. The fourth-order valence-corrected chi connectivity index (χ4v) is 1.48. The van der Waals surface area contributed by atoms with Gasteiger partial charge in [-0.3, -0.25) is 4.79 Å². The Hall–Kier alpha value is -1.09. The number of carbonyl (C=O) groups excluding carboxylic acids is 1. The number of nitrogens with two attached hydrogens (primary N) is 1. The van der Waals surface area contributed by atoms with Gasteiger partial charge in [0.1, 0.15) is 0 Å². The Morgan fingerprint density at radius 2 is 2.46 bits per heavy atom. The molecule has 0 aromatic heterocycles. The summed E-state index contributed by atoms with van der Waals surface area (Å²) in [6.45, 7) is 4.18. The SMILES string of the molecule is C=CCN(C)C(=O)C1C=CC(N)C1. The van der Waals surface area contributed by atoms with Gasteiger partial charge in [0.25, 0.3) is 0 Å². The van der Waals surface area contributed by atoms with E-state index >= 15 is 0 Å². The van der Waals surface area contributed by atoms with Crippen molar-refractivity contribution in [2.45, 2.75) is 12.5 Å². The molecule has 0 fully saturated rings. The van der Waals surface area contributed by atoms with Gasteiger partial charge in [-0.1, -0.05) is 18.2 Å². The fourth-order valence-electron chi connectivity index (χ4n) is 1.48. The molecule has 2 unspecified atom stereocenters. The van der Waals surface area contributed by atoms with E-state index in [4.69, 9.17) is 5.73 Å². The van der Waals surface area contributed by atoms with Gasteiger partial charge in [-0.05, 0) is 6.42 Å². The molecule has 3 nitrogen and oxygen atoms in total. The van der Waals surface area contributed by atoms with Crippen molar-refractivity contribution in [2.75, 3.05) is 13.6 Å². The van der Waals surface area contributed by atoms with Gasteiger partial charge in [0.15, 0.2) is 0 Å². The van der Waals surface area contributed by atoms with Crippen molar-refractivity contribution < 1.29 is 4.79 Å². The molecule has 72 valence electrons. The Bertz CT molecular complexity index is 235. The Kier molecular flexibility index (Phi) is 3.25. The highest BCUT2D eigenvalue weighted by molar-refractivity contribution is 5.81. The van der Waals surface area contributed by atoms with E-state index in [1.165, 1.54) is 0 Å². The van der Waals surface area contributed by atoms with E-state index in [9.17, 15) is 4.79 Å². The van der Waals surface area contributed by atoms with Crippen LogP contribution in [0.2, 0.25) is 0 Å². The van der Waals surface area contributed by atoms with Gasteiger partial charge in [-0.15, -0.1) is 6.58 Å². The topological polar surface area (TPSA) is 46.3 Å². The lowest BCUT2D eigenvalue weighted by Crippen LogP contribution is -2.32. The van der Waals surface area contributed by atoms with Crippen LogP contribution < -0.4 is 5.73 Å². The Morgan fingerprint density at radius 3 is 2.92 bits per heavy atom. The highest BCUT2D eigenvalue weighted by Gasteiger charge is 2.24. The fraction of sp³-hybridized carbons (Fsp3) is 0.500. The molecule has 0 aliphatic heterocycles. The molecule has 1 rings (SSSR count). The predicted molar refractivity (Wildman–Crippen MR) is 53.1 cm³/mol. The number of likely N-dealkylation sites (N-methyl/N-ethyl adjacent to an activating group) is 1. The summed E-state index contributed by atoms with van der Waals surface area (Å²) >= 11 is 0. The van der Waals surface area contributed by atoms with Gasteiger partial charge in [0, 0.05) is 19.6 Å². The molecule has 0 saturated heterocycles. The maximum absolute atomic E-state index is 11.7. The molecule has 2 N–H and O–H groups in total. The van der Waals surface area contributed by atoms with Crippen molar-refractivity contribution in [3.63, 3.8) is 0 Å². The van der Waals surface area contributed by atoms with Crippen LogP contribution in [-0.2, 0) is 4.79 Å². The van der Waals surface area contributed by atoms with Crippen molar-refractivity contribution >= 4 is 5.91 Å². The molecule has 13 heavy (non-hydrogen) atoms. The molecule has 0 aromatic rings. The zero-order chi connectivity index (χ0) is 9.84. The Balaban J connectivity index is 2.48. The zero-order valence-electron chi connectivity index (χ0n) is 7.94. The van der Waals surface area contributed by atoms with Crippen LogP contribution in [0.1, 0.15) is 6.42 Å². The highest BCUT2D eigenvalue weighted by atomic mass is 16.2. The van der Waals surface area contributed by atoms with E-state index in [1.807, 2.05) is 12.2 Å². The van der Waals surface area contributed by atoms with Gasteiger partial charge in [-0.25, -0.2) is 0 Å². The van der Waals surface area contributed by atoms with E-state index in [1.54, 1.807) is 18.0 Å². The molecule has 2 atom stereocenters. The minimum Gasteiger partial charge on any atom is -0.342 e. The number of hydrogen-bond acceptors (Lipinski definition) is 2. The normalized spacial score (nSPS) is 26.0. The average molecular weight is 180 g/mol. The van der Waals surface area contributed by atoms with E-state index in [0.717, 1.165) is 6.42 Å². The summed E-state index contributed by atoms with van der Waals surface area (Å²) in [4.78, 5) is 13.3. The van der Waals surface area contributed by atoms with Gasteiger partial charge in [0.2, 0.25) is 5.91 Å². The molecule has 1 aliphatic rings. The molecule has 1 amide bonds. The zero-order valence-corrected chi connectivity index (χ0v) is 7.94. The van der Waals surface area contributed by atoms with Crippen LogP contribution in [0.25, 0.3) is 0 Å². The first-order valence-corrected chi connectivity index (χ1v) is 4.45. The van der Waals surface area contributed by atoms with Gasteiger partial charge >= 0.3 is 0 Å². The van der Waals surface area contributed by atoms with Crippen molar-refractivity contribution in [2.24, 2.45) is 11.7 Å². The third-order valence-corrected chi connectivity index (χ3v) is 2.21. The maximum atomic E-state index is 11.7. The Morgan fingerprint density at radius 1 is 1.77 bits per heavy atom. The molecule has 3 heteroatoms. The molecular weight excluding hydrogens is 164 g/mol. The summed E-state index contributed by atoms with van der Waals surface area (Å²) in [6.07, 6.45) is 6.24. The van der Waals surface area contributed by atoms with Crippen LogP contribution >= 0.6 is 0 Å². The van der Waals surface area contributed by atoms with Crippen LogP contribution in [0.4, 0.5) is 0 Å². The van der Waals surface area contributed by atoms with E-state index in [0.29, 0.717) is 6.54 Å². The molecule has 0 saturated carbocycles. The van der Waals surface area contributed by atoms with E-state index in [2.05, 4.69) is 6.58 Å². The first-order chi connectivity index (χ1) is 6.15. The van der Waals surface area contributed by atoms with Crippen molar-refractivity contribution in [1.82, 2.24) is 4.90 Å². The molecule has 1 aliphatic carbocycles. The lowest BCUT2D eigenvalue weighted by molar-refractivity contribution is -0.132. The second-order valence-corrected chi connectivity index (χ2v) is 3.40. The van der Waals surface area contributed by atoms with Crippen LogP contribution in [0, 0.1) is 5.92 Å². The first kappa shape index (κ1) is 9.99. The Labute approximate surface area is 78.9 Å². The highest BCUT2D eigenvalue weighted by Crippen LogP contribution is 2.18. The van der Waals surface area contributed by atoms with Crippen molar-refractivity contribution in [3.8, 4) is 0 Å². The largest absolute Gasteiger partial charge is 0.342 e. The van der Waals surface area contributed by atoms with Crippen LogP contribution in [0.15, 0.2) is 24.8 Å². The molecular formula is C10H16N2O. The lowest BCUT2D eigenvalue weighted by atomic mass is 10.1. The molecule has 0 bridgehead atoms. The number of hydrogen-bond donors (Lipinski definition) is 1. The molecule has 0 aromatic carbocycles. The van der Waals surface area contributed by atoms with E-state index in [-0.39, 0.29) is 17.9 Å². The monoisotopic (exact) mass is 180 g/mol. The van der Waals surface area contributed by atoms with Crippen LogP contribution in [0.3, 0.4) is 0 Å². The summed E-state index contributed by atoms with van der Waals surface area (Å²) < 4.78 is 0. The number of rotatable bonds is 3. The van der Waals surface area contributed by atoms with Gasteiger partial charge < -0.3 is 10.6 Å². The van der Waals surface area contributed by atoms with Crippen molar-refractivity contribution in [1.29, 1.82) is 0 Å². The lowest BCUT2D eigenvalue weighted by Gasteiger charge is -2.18. The smallest absolute Gasteiger partial charge is 0.229 e. The summed E-state index contributed by atoms with van der Waals surface area (Å²) in [6, 6.07) is 0.0473. The minimum atomic E-state index is -0.0278. The molecule has 0 radical (unpaired) electrons. The molecule has 0 spiro atoms. The second kappa shape index (κ2) is 4.23. The summed E-state index contributed by atoms with van der Waals surface area (Å²) in [7, 11) is 1.78. The maximum Gasteiger partial charge on any atom is 0.229 e. The standard InChI is InChI=1S/C10H16N2O/c1-3-6-12(2)10(13)8-4-5-9(11)7-8/h3-5,8-9H,1,6-7,11H2,2H3. The minimum absolute atomic E-state index is 0.0278. The van der Waals surface area contributed by atoms with Gasteiger partial charge in [-0.2, -0.15) is 0 Å². The molecule has 0 heterocycles. The quantitative estimate of drug-likeness (QED) is 0.644. The second-order valence-electron chi connectivity index (χ2n) is 3.40. The number of carbonyl (C=O) groups is 1. The summed E-state index contributed by atoms with van der Waals surface area (Å²) in [5.74, 6) is 0.101. The van der Waals surface area contributed by atoms with Gasteiger partial charge in [0.05, 0.1) is 5.92 Å². The third-order valence-electron chi connectivity index (χ3n) is 2.21. The van der Waals surface area contributed by atoms with Crippen molar-refractivity contribution in [3.05, 3.63) is 24.8 Å². The first-order valence-electron chi connectivity index (χ1n) is 4.45. The average Bonchev–Trinajstić information content (AvgIpc) is 2.51.